The second-order valence-corrected chi connectivity index (χ2v) is 8.96. The van der Waals surface area contributed by atoms with Gasteiger partial charge < -0.3 is 15.5 Å². The van der Waals surface area contributed by atoms with Crippen molar-refractivity contribution in [2.45, 2.75) is 40.0 Å². The quantitative estimate of drug-likeness (QED) is 0.681. The molecular formula is C22H27N4O2S+. The molecule has 1 atom stereocenters. The lowest BCUT2D eigenvalue weighted by Gasteiger charge is -2.16. The van der Waals surface area contributed by atoms with E-state index in [1.54, 1.807) is 0 Å². The van der Waals surface area contributed by atoms with Crippen molar-refractivity contribution in [3.05, 3.63) is 44.8 Å². The lowest BCUT2D eigenvalue weighted by molar-refractivity contribution is -0.862. The third-order valence-corrected chi connectivity index (χ3v) is 6.36. The summed E-state index contributed by atoms with van der Waals surface area (Å²) < 4.78 is 0. The topological polar surface area (TPSA) is 86.4 Å². The lowest BCUT2D eigenvalue weighted by Crippen LogP contribution is -3.11. The van der Waals surface area contributed by atoms with Crippen LogP contribution in [-0.4, -0.2) is 32.0 Å². The summed E-state index contributed by atoms with van der Waals surface area (Å²) >= 11 is 1.51. The number of aryl methyl sites for hydroxylation is 4. The number of amides is 2. The number of quaternary nitrogens is 1. The van der Waals surface area contributed by atoms with Crippen molar-refractivity contribution in [1.29, 1.82) is 5.26 Å². The zero-order valence-electron chi connectivity index (χ0n) is 17.4. The highest BCUT2D eigenvalue weighted by atomic mass is 32.1. The van der Waals surface area contributed by atoms with Crippen molar-refractivity contribution in [2.24, 2.45) is 0 Å². The molecular weight excluding hydrogens is 384 g/mol. The Morgan fingerprint density at radius 2 is 1.72 bits per heavy atom. The fraction of sp³-hybridized carbons (Fsp3) is 0.409. The molecule has 0 bridgehead atoms. The van der Waals surface area contributed by atoms with Crippen molar-refractivity contribution in [1.82, 2.24) is 0 Å². The maximum atomic E-state index is 12.4. The van der Waals surface area contributed by atoms with Gasteiger partial charge in [0.2, 0.25) is 0 Å². The Bertz CT molecular complexity index is 980. The van der Waals surface area contributed by atoms with Crippen LogP contribution < -0.4 is 15.5 Å². The van der Waals surface area contributed by atoms with Crippen LogP contribution in [0.15, 0.2) is 12.1 Å². The minimum absolute atomic E-state index is 0.127. The normalized spacial score (nSPS) is 13.5. The number of rotatable bonds is 6. The summed E-state index contributed by atoms with van der Waals surface area (Å²) in [6, 6.07) is 6.31. The number of nitriles is 1. The summed E-state index contributed by atoms with van der Waals surface area (Å²) in [5.74, 6) is -0.312. The van der Waals surface area contributed by atoms with Crippen molar-refractivity contribution in [3.63, 3.8) is 0 Å². The van der Waals surface area contributed by atoms with Crippen LogP contribution in [0.2, 0.25) is 0 Å². The van der Waals surface area contributed by atoms with Gasteiger partial charge in [-0.1, -0.05) is 17.7 Å². The Morgan fingerprint density at radius 3 is 2.34 bits per heavy atom. The Kier molecular flexibility index (Phi) is 6.36. The first-order chi connectivity index (χ1) is 13.8. The zero-order valence-corrected chi connectivity index (χ0v) is 18.2. The molecule has 2 aromatic rings. The molecule has 6 nitrogen and oxygen atoms in total. The molecule has 29 heavy (non-hydrogen) atoms. The Labute approximate surface area is 175 Å². The maximum Gasteiger partial charge on any atom is 0.280 e. The fourth-order valence-electron chi connectivity index (χ4n) is 3.95. The van der Waals surface area contributed by atoms with Gasteiger partial charge in [-0.3, -0.25) is 9.59 Å². The molecule has 0 aliphatic heterocycles. The Hall–Kier alpha value is -2.69. The minimum Gasteiger partial charge on any atom is -0.322 e. The van der Waals surface area contributed by atoms with Gasteiger partial charge in [0.1, 0.15) is 11.1 Å². The van der Waals surface area contributed by atoms with E-state index in [4.69, 9.17) is 0 Å². The van der Waals surface area contributed by atoms with Crippen molar-refractivity contribution in [2.75, 3.05) is 30.8 Å². The summed E-state index contributed by atoms with van der Waals surface area (Å²) in [4.78, 5) is 26.9. The summed E-state index contributed by atoms with van der Waals surface area (Å²) in [6.07, 6.45) is 2.97. The van der Waals surface area contributed by atoms with Crippen LogP contribution >= 0.6 is 11.3 Å². The lowest BCUT2D eigenvalue weighted by atomic mass is 10.1. The molecule has 2 amide bonds. The number of thiophene rings is 1. The van der Waals surface area contributed by atoms with Crippen LogP contribution in [0.25, 0.3) is 0 Å². The van der Waals surface area contributed by atoms with Gasteiger partial charge in [-0.05, 0) is 56.7 Å². The average Bonchev–Trinajstić information content (AvgIpc) is 3.18. The number of nitrogens with zero attached hydrogens (tertiary/aromatic N) is 1. The molecule has 1 aromatic carbocycles. The van der Waals surface area contributed by atoms with Gasteiger partial charge in [-0.15, -0.1) is 11.3 Å². The molecule has 1 aromatic heterocycles. The van der Waals surface area contributed by atoms with E-state index in [0.29, 0.717) is 10.6 Å². The van der Waals surface area contributed by atoms with E-state index in [1.165, 1.54) is 16.2 Å². The molecule has 0 spiro atoms. The van der Waals surface area contributed by atoms with Gasteiger partial charge >= 0.3 is 0 Å². The van der Waals surface area contributed by atoms with Gasteiger partial charge in [0.05, 0.1) is 12.6 Å². The number of hydrogen-bond donors (Lipinski definition) is 3. The summed E-state index contributed by atoms with van der Waals surface area (Å²) in [7, 11) is 1.81. The van der Waals surface area contributed by atoms with Crippen LogP contribution in [0.1, 0.15) is 39.1 Å². The number of hydrogen-bond acceptors (Lipinski definition) is 4. The largest absolute Gasteiger partial charge is 0.322 e. The van der Waals surface area contributed by atoms with E-state index in [-0.39, 0.29) is 24.9 Å². The van der Waals surface area contributed by atoms with Crippen molar-refractivity contribution in [3.8, 4) is 6.07 Å². The van der Waals surface area contributed by atoms with E-state index in [1.807, 2.05) is 40.0 Å². The molecule has 0 saturated carbocycles. The second kappa shape index (κ2) is 8.76. The summed E-state index contributed by atoms with van der Waals surface area (Å²) in [5, 5.41) is 15.9. The second-order valence-electron chi connectivity index (χ2n) is 7.85. The molecule has 1 aliphatic carbocycles. The smallest absolute Gasteiger partial charge is 0.280 e. The van der Waals surface area contributed by atoms with Crippen LogP contribution in [0.4, 0.5) is 10.7 Å². The van der Waals surface area contributed by atoms with E-state index in [0.717, 1.165) is 52.1 Å². The SMILES string of the molecule is Cc1cc(C)c(NC(=O)C[NH+](C)CC(=O)Nc2sc3c(c2C#N)CCC3)c(C)c1. The van der Waals surface area contributed by atoms with Gasteiger partial charge in [0.25, 0.3) is 11.8 Å². The predicted octanol–water partition coefficient (Wildman–Crippen LogP) is 2.13. The highest BCUT2D eigenvalue weighted by Crippen LogP contribution is 2.38. The van der Waals surface area contributed by atoms with Crippen molar-refractivity contribution < 1.29 is 14.5 Å². The number of carbonyl (C=O) groups excluding carboxylic acids is 2. The molecule has 3 rings (SSSR count). The third kappa shape index (κ3) is 4.84. The molecule has 0 fully saturated rings. The number of carbonyl (C=O) groups is 2. The third-order valence-electron chi connectivity index (χ3n) is 5.15. The molecule has 3 N–H and O–H groups in total. The van der Waals surface area contributed by atoms with Crippen LogP contribution in [0.3, 0.4) is 0 Å². The van der Waals surface area contributed by atoms with E-state index >= 15 is 0 Å². The summed E-state index contributed by atoms with van der Waals surface area (Å²) in [5.41, 5.74) is 5.76. The molecule has 1 heterocycles. The molecule has 1 unspecified atom stereocenters. The van der Waals surface area contributed by atoms with Gasteiger partial charge in [0.15, 0.2) is 13.1 Å². The highest BCUT2D eigenvalue weighted by Gasteiger charge is 2.24. The standard InChI is InChI=1S/C22H26N4O2S/c1-13-8-14(2)21(15(3)9-13)24-19(27)11-26(4)12-20(28)25-22-17(10-23)16-6-5-7-18(16)29-22/h8-9H,5-7,11-12H2,1-4H3,(H,24,27)(H,25,28)/p+1. The van der Waals surface area contributed by atoms with Crippen molar-refractivity contribution >= 4 is 33.8 Å². The van der Waals surface area contributed by atoms with E-state index < -0.39 is 0 Å². The van der Waals surface area contributed by atoms with E-state index in [9.17, 15) is 14.9 Å². The number of fused-ring (bicyclic) bond motifs is 1. The fourth-order valence-corrected chi connectivity index (χ4v) is 5.21. The number of benzene rings is 1. The monoisotopic (exact) mass is 411 g/mol. The number of anilines is 2. The zero-order chi connectivity index (χ0) is 21.1. The van der Waals surface area contributed by atoms with Crippen LogP contribution in [0, 0.1) is 32.1 Å². The molecule has 1 aliphatic rings. The molecule has 152 valence electrons. The first kappa shape index (κ1) is 21.0. The first-order valence-corrected chi connectivity index (χ1v) is 10.6. The number of nitrogens with one attached hydrogen (secondary N) is 3. The van der Waals surface area contributed by atoms with Crippen LogP contribution in [-0.2, 0) is 22.4 Å². The van der Waals surface area contributed by atoms with E-state index in [2.05, 4.69) is 16.7 Å². The average molecular weight is 412 g/mol. The molecule has 0 saturated heterocycles. The molecule has 7 heteroatoms. The highest BCUT2D eigenvalue weighted by molar-refractivity contribution is 7.16. The Balaban J connectivity index is 1.56. The van der Waals surface area contributed by atoms with Crippen LogP contribution in [0.5, 0.6) is 0 Å². The van der Waals surface area contributed by atoms with Gasteiger partial charge in [-0.25, -0.2) is 0 Å². The molecule has 0 radical (unpaired) electrons. The predicted molar refractivity (Wildman–Crippen MR) is 116 cm³/mol. The van der Waals surface area contributed by atoms with Gasteiger partial charge in [-0.2, -0.15) is 5.26 Å². The summed E-state index contributed by atoms with van der Waals surface area (Å²) in [6.45, 7) is 6.33. The maximum absolute atomic E-state index is 12.4. The number of likely N-dealkylation sites (N-methyl/N-ethyl adjacent to an activating group) is 1. The van der Waals surface area contributed by atoms with Gasteiger partial charge in [0, 0.05) is 10.6 Å². The first-order valence-electron chi connectivity index (χ1n) is 9.82. The minimum atomic E-state index is -0.186. The Morgan fingerprint density at radius 1 is 1.10 bits per heavy atom.